The highest BCUT2D eigenvalue weighted by atomic mass is 32.1. The van der Waals surface area contributed by atoms with Gasteiger partial charge in [-0.25, -0.2) is 9.79 Å². The maximum absolute atomic E-state index is 13.7. The van der Waals surface area contributed by atoms with E-state index in [4.69, 9.17) is 4.74 Å². The lowest BCUT2D eigenvalue weighted by molar-refractivity contribution is -0.139. The fraction of sp³-hybridized carbons (Fsp3) is 0.148. The monoisotopic (exact) mass is 486 g/mol. The number of phenolic OH excluding ortho intramolecular Hbond substituents is 2. The minimum atomic E-state index is -0.716. The molecule has 0 spiro atoms. The molecule has 3 aromatic carbocycles. The summed E-state index contributed by atoms with van der Waals surface area (Å²) in [5, 5.41) is 21.4. The predicted molar refractivity (Wildman–Crippen MR) is 134 cm³/mol. The number of thiazole rings is 1. The Morgan fingerprint density at radius 1 is 1.11 bits per heavy atom. The maximum Gasteiger partial charge on any atom is 0.338 e. The van der Waals surface area contributed by atoms with Crippen LogP contribution >= 0.6 is 11.3 Å². The van der Waals surface area contributed by atoms with Crippen LogP contribution in [0.25, 0.3) is 16.8 Å². The second kappa shape index (κ2) is 8.88. The van der Waals surface area contributed by atoms with Crippen LogP contribution in [0.15, 0.2) is 81.7 Å². The van der Waals surface area contributed by atoms with Crippen LogP contribution in [0.2, 0.25) is 0 Å². The smallest absolute Gasteiger partial charge is 0.338 e. The van der Waals surface area contributed by atoms with Gasteiger partial charge in [-0.05, 0) is 54.0 Å². The molecule has 0 bridgehead atoms. The molecule has 0 saturated carbocycles. The van der Waals surface area contributed by atoms with E-state index in [-0.39, 0.29) is 23.7 Å². The highest BCUT2D eigenvalue weighted by Gasteiger charge is 2.34. The van der Waals surface area contributed by atoms with Gasteiger partial charge in [-0.3, -0.25) is 9.36 Å². The molecule has 1 aliphatic rings. The lowest BCUT2D eigenvalue weighted by Gasteiger charge is -2.25. The minimum Gasteiger partial charge on any atom is -0.504 e. The van der Waals surface area contributed by atoms with Crippen LogP contribution in [-0.4, -0.2) is 27.4 Å². The molecular weight excluding hydrogens is 464 g/mol. The van der Waals surface area contributed by atoms with Crippen molar-refractivity contribution in [3.8, 4) is 11.5 Å². The molecule has 0 radical (unpaired) electrons. The number of ether oxygens (including phenoxy) is 1. The molecule has 1 atom stereocenters. The van der Waals surface area contributed by atoms with Crippen LogP contribution in [-0.2, 0) is 9.53 Å². The molecule has 0 aliphatic carbocycles. The zero-order chi connectivity index (χ0) is 24.7. The number of hydrogen-bond donors (Lipinski definition) is 2. The van der Waals surface area contributed by atoms with Crippen LogP contribution < -0.4 is 14.9 Å². The molecule has 5 rings (SSSR count). The van der Waals surface area contributed by atoms with E-state index in [9.17, 15) is 19.8 Å². The van der Waals surface area contributed by atoms with Crippen molar-refractivity contribution in [3.05, 3.63) is 103 Å². The van der Waals surface area contributed by atoms with Gasteiger partial charge in [0.05, 0.1) is 28.5 Å². The van der Waals surface area contributed by atoms with Crippen LogP contribution in [0, 0.1) is 0 Å². The van der Waals surface area contributed by atoms with Crippen molar-refractivity contribution in [2.75, 3.05) is 6.61 Å². The first-order chi connectivity index (χ1) is 16.9. The molecule has 176 valence electrons. The Morgan fingerprint density at radius 3 is 2.66 bits per heavy atom. The summed E-state index contributed by atoms with van der Waals surface area (Å²) in [7, 11) is 0. The van der Waals surface area contributed by atoms with E-state index in [0.717, 1.165) is 16.3 Å². The second-order valence-corrected chi connectivity index (χ2v) is 9.13. The Balaban J connectivity index is 1.79. The summed E-state index contributed by atoms with van der Waals surface area (Å²) in [6, 6.07) is 17.3. The summed E-state index contributed by atoms with van der Waals surface area (Å²) in [6.45, 7) is 3.69. The third kappa shape index (κ3) is 3.91. The SMILES string of the molecule is CCOC(=O)C1=C(C)N=c2s/c(=C/c3ccc(O)c(O)c3)c(=O)n2[C@@H]1c1cccc2ccccc12. The Hall–Kier alpha value is -4.17. The number of carbonyl (C=O) groups excluding carboxylic acids is 1. The zero-order valence-electron chi connectivity index (χ0n) is 19.1. The molecule has 2 N–H and O–H groups in total. The molecule has 1 aliphatic heterocycles. The Kier molecular flexibility index (Phi) is 5.74. The molecule has 8 heteroatoms. The summed E-state index contributed by atoms with van der Waals surface area (Å²) >= 11 is 1.20. The van der Waals surface area contributed by atoms with Crippen molar-refractivity contribution in [1.29, 1.82) is 0 Å². The van der Waals surface area contributed by atoms with Gasteiger partial charge in [-0.1, -0.05) is 59.9 Å². The van der Waals surface area contributed by atoms with Crippen molar-refractivity contribution < 1.29 is 19.7 Å². The standard InChI is InChI=1S/C27H22N2O5S/c1-3-34-26(33)23-15(2)28-27-29(24(23)19-10-6-8-17-7-4-5-9-18(17)19)25(32)22(35-27)14-16-11-12-20(30)21(31)13-16/h4-14,24,30-31H,3H2,1-2H3/b22-14+/t24-/m1/s1. The molecule has 35 heavy (non-hydrogen) atoms. The number of nitrogens with zero attached hydrogens (tertiary/aromatic N) is 2. The third-order valence-corrected chi connectivity index (χ3v) is 6.92. The Morgan fingerprint density at radius 2 is 1.89 bits per heavy atom. The molecule has 1 aromatic heterocycles. The van der Waals surface area contributed by atoms with Crippen LogP contribution in [0.1, 0.15) is 31.0 Å². The number of aromatic nitrogens is 1. The van der Waals surface area contributed by atoms with Crippen LogP contribution in [0.4, 0.5) is 0 Å². The topological polar surface area (TPSA) is 101 Å². The van der Waals surface area contributed by atoms with E-state index in [0.29, 0.717) is 26.2 Å². The van der Waals surface area contributed by atoms with Crippen LogP contribution in [0.5, 0.6) is 11.5 Å². The van der Waals surface area contributed by atoms with E-state index in [1.807, 2.05) is 42.5 Å². The summed E-state index contributed by atoms with van der Waals surface area (Å²) in [5.41, 5.74) is 1.86. The summed E-state index contributed by atoms with van der Waals surface area (Å²) < 4.78 is 7.29. The van der Waals surface area contributed by atoms with Crippen molar-refractivity contribution >= 4 is 34.2 Å². The number of carbonyl (C=O) groups is 1. The summed E-state index contributed by atoms with van der Waals surface area (Å²) in [4.78, 5) is 31.9. The van der Waals surface area contributed by atoms with Gasteiger partial charge in [0.25, 0.3) is 5.56 Å². The average Bonchev–Trinajstić information content (AvgIpc) is 3.14. The highest BCUT2D eigenvalue weighted by Crippen LogP contribution is 2.34. The molecule has 4 aromatic rings. The quantitative estimate of drug-likeness (QED) is 0.340. The van der Waals surface area contributed by atoms with Gasteiger partial charge >= 0.3 is 5.97 Å². The lowest BCUT2D eigenvalue weighted by Crippen LogP contribution is -2.40. The van der Waals surface area contributed by atoms with Crippen LogP contribution in [0.3, 0.4) is 0 Å². The normalized spacial score (nSPS) is 15.7. The fourth-order valence-electron chi connectivity index (χ4n) is 4.36. The van der Waals surface area contributed by atoms with Crippen molar-refractivity contribution in [2.45, 2.75) is 19.9 Å². The second-order valence-electron chi connectivity index (χ2n) is 8.12. The van der Waals surface area contributed by atoms with E-state index in [2.05, 4.69) is 4.99 Å². The first-order valence-corrected chi connectivity index (χ1v) is 11.9. The molecule has 0 saturated heterocycles. The molecule has 2 heterocycles. The van der Waals surface area contributed by atoms with Gasteiger partial charge in [0, 0.05) is 0 Å². The number of phenols is 2. The minimum absolute atomic E-state index is 0.201. The van der Waals surface area contributed by atoms with Crippen molar-refractivity contribution in [3.63, 3.8) is 0 Å². The van der Waals surface area contributed by atoms with E-state index in [1.165, 1.54) is 28.0 Å². The maximum atomic E-state index is 13.7. The Labute approximate surface area is 204 Å². The van der Waals surface area contributed by atoms with Gasteiger partial charge in [0.1, 0.15) is 0 Å². The van der Waals surface area contributed by atoms with E-state index < -0.39 is 12.0 Å². The van der Waals surface area contributed by atoms with Gasteiger partial charge in [-0.2, -0.15) is 0 Å². The molecule has 0 unspecified atom stereocenters. The number of rotatable bonds is 4. The highest BCUT2D eigenvalue weighted by molar-refractivity contribution is 7.07. The molecule has 0 amide bonds. The number of esters is 1. The van der Waals surface area contributed by atoms with Gasteiger partial charge < -0.3 is 14.9 Å². The molecule has 7 nitrogen and oxygen atoms in total. The summed E-state index contributed by atoms with van der Waals surface area (Å²) in [6.07, 6.45) is 1.63. The first kappa shape index (κ1) is 22.6. The zero-order valence-corrected chi connectivity index (χ0v) is 19.9. The van der Waals surface area contributed by atoms with Gasteiger partial charge in [0.2, 0.25) is 0 Å². The van der Waals surface area contributed by atoms with Crippen molar-refractivity contribution in [1.82, 2.24) is 4.57 Å². The number of aromatic hydroxyl groups is 2. The van der Waals surface area contributed by atoms with E-state index in [1.54, 1.807) is 26.0 Å². The lowest BCUT2D eigenvalue weighted by atomic mass is 9.91. The van der Waals surface area contributed by atoms with Gasteiger partial charge in [0.15, 0.2) is 16.3 Å². The molecule has 0 fully saturated rings. The van der Waals surface area contributed by atoms with Crippen molar-refractivity contribution in [2.24, 2.45) is 4.99 Å². The van der Waals surface area contributed by atoms with E-state index >= 15 is 0 Å². The number of benzene rings is 3. The largest absolute Gasteiger partial charge is 0.504 e. The first-order valence-electron chi connectivity index (χ1n) is 11.1. The summed E-state index contributed by atoms with van der Waals surface area (Å²) in [5.74, 6) is -1.03. The number of fused-ring (bicyclic) bond motifs is 2. The number of hydrogen-bond acceptors (Lipinski definition) is 7. The van der Waals surface area contributed by atoms with Gasteiger partial charge in [-0.15, -0.1) is 0 Å². The Bertz CT molecular complexity index is 1690. The predicted octanol–water partition coefficient (Wildman–Crippen LogP) is 3.36. The number of allylic oxidation sites excluding steroid dienone is 1. The third-order valence-electron chi connectivity index (χ3n) is 5.93. The fourth-order valence-corrected chi connectivity index (χ4v) is 5.40. The molecular formula is C27H22N2O5S. The average molecular weight is 487 g/mol.